The van der Waals surface area contributed by atoms with Gasteiger partial charge in [-0.1, -0.05) is 48.5 Å². The first-order chi connectivity index (χ1) is 20.8. The van der Waals surface area contributed by atoms with Crippen LogP contribution in [0.15, 0.2) is 146 Å². The lowest BCUT2D eigenvalue weighted by molar-refractivity contribution is 1.31. The van der Waals surface area contributed by atoms with Crippen molar-refractivity contribution in [3.63, 3.8) is 0 Å². The lowest BCUT2D eigenvalue weighted by Crippen LogP contribution is -1.89. The standard InChI is InChI=1S/C38H24N4/c1-2-4-32-31(3-1)35-21-29(37-23-27(13-19-41-37)25-9-15-39-16-10-25)5-7-33(35)34-8-6-30(22-36(32)34)38-24-28(14-20-42-38)26-11-17-40-18-12-26/h1-24H. The molecule has 0 atom stereocenters. The van der Waals surface area contributed by atoms with Gasteiger partial charge < -0.3 is 0 Å². The van der Waals surface area contributed by atoms with E-state index in [0.717, 1.165) is 44.8 Å². The number of hydrogen-bond donors (Lipinski definition) is 0. The Balaban J connectivity index is 1.28. The first-order valence-electron chi connectivity index (χ1n) is 13.9. The van der Waals surface area contributed by atoms with Gasteiger partial charge in [-0.2, -0.15) is 0 Å². The topological polar surface area (TPSA) is 51.6 Å². The van der Waals surface area contributed by atoms with Crippen LogP contribution < -0.4 is 0 Å². The lowest BCUT2D eigenvalue weighted by atomic mass is 9.91. The molecule has 0 aliphatic rings. The molecule has 0 aliphatic carbocycles. The highest BCUT2D eigenvalue weighted by Gasteiger charge is 2.13. The third-order valence-corrected chi connectivity index (χ3v) is 7.98. The molecular weight excluding hydrogens is 512 g/mol. The van der Waals surface area contributed by atoms with Crippen molar-refractivity contribution in [2.75, 3.05) is 0 Å². The highest BCUT2D eigenvalue weighted by molar-refractivity contribution is 6.26. The Labute approximate surface area is 243 Å². The molecule has 0 radical (unpaired) electrons. The number of hydrogen-bond acceptors (Lipinski definition) is 4. The van der Waals surface area contributed by atoms with Crippen LogP contribution in [0.25, 0.3) is 77.1 Å². The Hall–Kier alpha value is -5.74. The zero-order valence-corrected chi connectivity index (χ0v) is 22.6. The molecule has 4 nitrogen and oxygen atoms in total. The van der Waals surface area contributed by atoms with Gasteiger partial charge in [0.15, 0.2) is 0 Å². The maximum absolute atomic E-state index is 4.73. The van der Waals surface area contributed by atoms with E-state index < -0.39 is 0 Å². The molecule has 0 amide bonds. The average molecular weight is 537 g/mol. The number of fused-ring (bicyclic) bond motifs is 6. The summed E-state index contributed by atoms with van der Waals surface area (Å²) >= 11 is 0. The third kappa shape index (κ3) is 4.18. The average Bonchev–Trinajstić information content (AvgIpc) is 3.09. The summed E-state index contributed by atoms with van der Waals surface area (Å²) in [5.74, 6) is 0. The summed E-state index contributed by atoms with van der Waals surface area (Å²) in [4.78, 5) is 17.8. The molecule has 0 saturated heterocycles. The van der Waals surface area contributed by atoms with Gasteiger partial charge >= 0.3 is 0 Å². The summed E-state index contributed by atoms with van der Waals surface area (Å²) in [5, 5.41) is 7.34. The second kappa shape index (κ2) is 10.0. The van der Waals surface area contributed by atoms with E-state index in [0.29, 0.717) is 0 Å². The molecule has 4 aromatic carbocycles. The summed E-state index contributed by atoms with van der Waals surface area (Å²) in [7, 11) is 0. The van der Waals surface area contributed by atoms with Gasteiger partial charge in [-0.15, -0.1) is 0 Å². The molecule has 0 spiro atoms. The molecule has 196 valence electrons. The van der Waals surface area contributed by atoms with Gasteiger partial charge in [-0.3, -0.25) is 19.9 Å². The Bertz CT molecular complexity index is 2060. The smallest absolute Gasteiger partial charge is 0.0708 e. The second-order valence-electron chi connectivity index (χ2n) is 10.4. The van der Waals surface area contributed by atoms with Crippen molar-refractivity contribution in [3.8, 4) is 44.8 Å². The van der Waals surface area contributed by atoms with E-state index in [1.807, 2.05) is 73.6 Å². The van der Waals surface area contributed by atoms with Crippen LogP contribution >= 0.6 is 0 Å². The van der Waals surface area contributed by atoms with E-state index in [1.165, 1.54) is 32.3 Å². The van der Waals surface area contributed by atoms with Crippen molar-refractivity contribution in [1.29, 1.82) is 0 Å². The highest BCUT2D eigenvalue weighted by Crippen LogP contribution is 2.39. The maximum atomic E-state index is 4.73. The largest absolute Gasteiger partial charge is 0.265 e. The van der Waals surface area contributed by atoms with Crippen molar-refractivity contribution in [2.45, 2.75) is 0 Å². The van der Waals surface area contributed by atoms with E-state index in [-0.39, 0.29) is 0 Å². The predicted molar refractivity (Wildman–Crippen MR) is 172 cm³/mol. The molecule has 0 aliphatic heterocycles. The van der Waals surface area contributed by atoms with Crippen LogP contribution in [0.2, 0.25) is 0 Å². The number of nitrogens with zero attached hydrogens (tertiary/aromatic N) is 4. The van der Waals surface area contributed by atoms with Crippen molar-refractivity contribution in [1.82, 2.24) is 19.9 Å². The van der Waals surface area contributed by atoms with Crippen molar-refractivity contribution < 1.29 is 0 Å². The minimum atomic E-state index is 0.950. The molecule has 0 unspecified atom stereocenters. The SMILES string of the molecule is c1ccc2c(c1)c1cc(-c3cc(-c4ccncc4)ccn3)ccc1c1ccc(-c3cc(-c4ccncc4)ccn3)cc21. The van der Waals surface area contributed by atoms with Gasteiger partial charge in [0.2, 0.25) is 0 Å². The van der Waals surface area contributed by atoms with Crippen LogP contribution in [0.1, 0.15) is 0 Å². The molecule has 4 heterocycles. The number of rotatable bonds is 4. The third-order valence-electron chi connectivity index (χ3n) is 7.98. The number of pyridine rings is 4. The molecule has 4 aromatic heterocycles. The highest BCUT2D eigenvalue weighted by atomic mass is 14.7. The van der Waals surface area contributed by atoms with Gasteiger partial charge in [0.1, 0.15) is 0 Å². The summed E-state index contributed by atoms with van der Waals surface area (Å²) in [6, 6.07) is 38.6. The van der Waals surface area contributed by atoms with Gasteiger partial charge in [-0.25, -0.2) is 0 Å². The molecule has 4 heteroatoms. The van der Waals surface area contributed by atoms with Crippen molar-refractivity contribution >= 4 is 32.3 Å². The van der Waals surface area contributed by atoms with Crippen LogP contribution in [-0.4, -0.2) is 19.9 Å². The first kappa shape index (κ1) is 24.1. The maximum Gasteiger partial charge on any atom is 0.0708 e. The number of aromatic nitrogens is 4. The van der Waals surface area contributed by atoms with E-state index in [1.54, 1.807) is 0 Å². The lowest BCUT2D eigenvalue weighted by Gasteiger charge is -2.13. The van der Waals surface area contributed by atoms with Gasteiger partial charge in [0.25, 0.3) is 0 Å². The summed E-state index contributed by atoms with van der Waals surface area (Å²) in [6.45, 7) is 0. The molecule has 0 bridgehead atoms. The fourth-order valence-electron chi connectivity index (χ4n) is 5.90. The Morgan fingerprint density at radius 2 is 0.690 bits per heavy atom. The Morgan fingerprint density at radius 3 is 1.14 bits per heavy atom. The minimum absolute atomic E-state index is 0.950. The van der Waals surface area contributed by atoms with Crippen LogP contribution in [0.4, 0.5) is 0 Å². The van der Waals surface area contributed by atoms with Gasteiger partial charge in [0.05, 0.1) is 11.4 Å². The minimum Gasteiger partial charge on any atom is -0.265 e. The van der Waals surface area contributed by atoms with Gasteiger partial charge in [-0.05, 0) is 115 Å². The normalized spacial score (nSPS) is 11.3. The van der Waals surface area contributed by atoms with Gasteiger partial charge in [0, 0.05) is 48.3 Å². The molecule has 8 rings (SSSR count). The molecule has 8 aromatic rings. The quantitative estimate of drug-likeness (QED) is 0.210. The first-order valence-corrected chi connectivity index (χ1v) is 13.9. The molecule has 0 fully saturated rings. The summed E-state index contributed by atoms with van der Waals surface area (Å²) in [6.07, 6.45) is 11.0. The summed E-state index contributed by atoms with van der Waals surface area (Å²) < 4.78 is 0. The molecule has 0 saturated carbocycles. The van der Waals surface area contributed by atoms with Crippen molar-refractivity contribution in [3.05, 3.63) is 146 Å². The molecular formula is C38H24N4. The van der Waals surface area contributed by atoms with E-state index in [9.17, 15) is 0 Å². The Morgan fingerprint density at radius 1 is 0.286 bits per heavy atom. The monoisotopic (exact) mass is 536 g/mol. The van der Waals surface area contributed by atoms with E-state index in [2.05, 4.69) is 82.8 Å². The fraction of sp³-hybridized carbons (Fsp3) is 0. The predicted octanol–water partition coefficient (Wildman–Crippen LogP) is 9.39. The van der Waals surface area contributed by atoms with Crippen molar-refractivity contribution in [2.24, 2.45) is 0 Å². The zero-order valence-electron chi connectivity index (χ0n) is 22.6. The zero-order chi connectivity index (χ0) is 27.9. The van der Waals surface area contributed by atoms with E-state index in [4.69, 9.17) is 9.97 Å². The van der Waals surface area contributed by atoms with E-state index >= 15 is 0 Å². The van der Waals surface area contributed by atoms with Crippen LogP contribution in [0, 0.1) is 0 Å². The molecule has 42 heavy (non-hydrogen) atoms. The summed E-state index contributed by atoms with van der Waals surface area (Å²) in [5.41, 5.74) is 8.59. The van der Waals surface area contributed by atoms with Crippen LogP contribution in [-0.2, 0) is 0 Å². The fourth-order valence-corrected chi connectivity index (χ4v) is 5.90. The van der Waals surface area contributed by atoms with Crippen LogP contribution in [0.5, 0.6) is 0 Å². The van der Waals surface area contributed by atoms with Crippen LogP contribution in [0.3, 0.4) is 0 Å². The molecule has 0 N–H and O–H groups in total. The number of benzene rings is 4. The second-order valence-corrected chi connectivity index (χ2v) is 10.4. The Kier molecular flexibility index (Phi) is 5.75.